The predicted octanol–water partition coefficient (Wildman–Crippen LogP) is -1.60. The Kier molecular flexibility index (Phi) is 14.8. The van der Waals surface area contributed by atoms with Crippen LogP contribution in [0.3, 0.4) is 0 Å². The summed E-state index contributed by atoms with van der Waals surface area (Å²) in [6, 6.07) is -2.95. The van der Waals surface area contributed by atoms with E-state index in [1.54, 1.807) is 0 Å². The van der Waals surface area contributed by atoms with E-state index < -0.39 is 59.6 Å². The van der Waals surface area contributed by atoms with Crippen LogP contribution in [0.15, 0.2) is 0 Å². The van der Waals surface area contributed by atoms with E-state index in [9.17, 15) is 28.8 Å². The molecule has 0 heterocycles. The topological polar surface area (TPSA) is 227 Å². The number of methoxy groups -OCH3 is 2. The molecule has 0 bridgehead atoms. The highest BCUT2D eigenvalue weighted by Crippen LogP contribution is 2.07. The third-order valence-electron chi connectivity index (χ3n) is 4.61. The first kappa shape index (κ1) is 31.1. The zero-order valence-electron chi connectivity index (χ0n) is 19.8. The lowest BCUT2D eigenvalue weighted by atomic mass is 10.1. The minimum atomic E-state index is -1.47. The molecule has 0 saturated heterocycles. The molecule has 0 unspecified atom stereocenters. The second kappa shape index (κ2) is 16.7. The highest BCUT2D eigenvalue weighted by atomic mass is 16.6. The van der Waals surface area contributed by atoms with Crippen LogP contribution in [0.4, 0.5) is 0 Å². The fraction of sp³-hybridized carbons (Fsp3) is 0.600. The van der Waals surface area contributed by atoms with Crippen molar-refractivity contribution in [1.82, 2.24) is 10.6 Å². The molecule has 0 spiro atoms. The molecule has 0 rings (SSSR count). The molecule has 4 atom stereocenters. The van der Waals surface area contributed by atoms with Crippen LogP contribution in [0.1, 0.15) is 39.5 Å². The first-order valence-electron chi connectivity index (χ1n) is 10.3. The number of carbonyl (C=O) groups is 6. The van der Waals surface area contributed by atoms with Crippen molar-refractivity contribution in [2.75, 3.05) is 14.2 Å². The SMILES string of the molecule is CO[C@@H](C)C(=O)N[C@@H](CCC(=O)C=[N+]=[N-])C(=O)OC(=O)[C@H](CCC(=O)C=[N+]=[N-])NC(=O)[C@H](C)OC. The Morgan fingerprint density at radius 3 is 1.37 bits per heavy atom. The van der Waals surface area contributed by atoms with Crippen molar-refractivity contribution in [2.24, 2.45) is 0 Å². The Bertz CT molecular complexity index is 837. The summed E-state index contributed by atoms with van der Waals surface area (Å²) in [4.78, 5) is 77.9. The summed E-state index contributed by atoms with van der Waals surface area (Å²) in [6.45, 7) is 2.78. The number of hydrogen-bond donors (Lipinski definition) is 2. The van der Waals surface area contributed by atoms with E-state index in [0.717, 1.165) is 0 Å². The normalized spacial score (nSPS) is 13.5. The largest absolute Gasteiger partial charge is 0.390 e. The van der Waals surface area contributed by atoms with Gasteiger partial charge in [-0.1, -0.05) is 0 Å². The third kappa shape index (κ3) is 12.2. The molecule has 15 nitrogen and oxygen atoms in total. The number of nitrogens with one attached hydrogen (secondary N) is 2. The minimum absolute atomic E-state index is 0.317. The van der Waals surface area contributed by atoms with Crippen molar-refractivity contribution >= 4 is 47.7 Å². The summed E-state index contributed by atoms with van der Waals surface area (Å²) < 4.78 is 14.5. The maximum atomic E-state index is 12.6. The van der Waals surface area contributed by atoms with E-state index in [1.807, 2.05) is 0 Å². The van der Waals surface area contributed by atoms with Crippen molar-refractivity contribution in [2.45, 2.75) is 63.8 Å². The Morgan fingerprint density at radius 2 is 1.09 bits per heavy atom. The van der Waals surface area contributed by atoms with Crippen molar-refractivity contribution in [3.05, 3.63) is 11.1 Å². The number of Topliss-reactive ketones (excluding diaryl/α,β-unsaturated/α-hetero) is 2. The van der Waals surface area contributed by atoms with Crippen molar-refractivity contribution < 1.29 is 52.6 Å². The zero-order valence-corrected chi connectivity index (χ0v) is 19.8. The van der Waals surface area contributed by atoms with Crippen LogP contribution in [0, 0.1) is 0 Å². The molecule has 2 amide bonds. The molecular formula is C20H28N6O9. The van der Waals surface area contributed by atoms with E-state index in [1.165, 1.54) is 28.1 Å². The summed E-state index contributed by atoms with van der Waals surface area (Å²) >= 11 is 0. The van der Waals surface area contributed by atoms with Crippen molar-refractivity contribution in [1.29, 1.82) is 0 Å². The molecule has 0 saturated carbocycles. The molecule has 0 radical (unpaired) electrons. The van der Waals surface area contributed by atoms with Crippen LogP contribution < -0.4 is 10.6 Å². The number of ketones is 2. The van der Waals surface area contributed by atoms with Crippen molar-refractivity contribution in [3.63, 3.8) is 0 Å². The fourth-order valence-corrected chi connectivity index (χ4v) is 2.36. The van der Waals surface area contributed by atoms with E-state index in [-0.39, 0.29) is 25.7 Å². The summed E-state index contributed by atoms with van der Waals surface area (Å²) in [5.41, 5.74) is 16.9. The highest BCUT2D eigenvalue weighted by Gasteiger charge is 2.32. The van der Waals surface area contributed by atoms with Crippen LogP contribution in [-0.2, 0) is 43.0 Å². The van der Waals surface area contributed by atoms with Gasteiger partial charge in [-0.15, -0.1) is 0 Å². The number of hydrogen-bond acceptors (Lipinski definition) is 9. The maximum Gasteiger partial charge on any atom is 0.336 e. The average molecular weight is 496 g/mol. The van der Waals surface area contributed by atoms with Gasteiger partial charge >= 0.3 is 24.4 Å². The number of nitrogens with zero attached hydrogens (tertiary/aromatic N) is 4. The lowest BCUT2D eigenvalue weighted by molar-refractivity contribution is -0.164. The van der Waals surface area contributed by atoms with Crippen LogP contribution in [0.2, 0.25) is 0 Å². The van der Waals surface area contributed by atoms with Gasteiger partial charge in [-0.25, -0.2) is 9.59 Å². The van der Waals surface area contributed by atoms with Gasteiger partial charge in [0.05, 0.1) is 0 Å². The van der Waals surface area contributed by atoms with Gasteiger partial charge in [0.15, 0.2) is 0 Å². The second-order valence-electron chi connectivity index (χ2n) is 7.12. The summed E-state index contributed by atoms with van der Waals surface area (Å²) in [6.07, 6.45) is -2.08. The number of ether oxygens (including phenoxy) is 3. The van der Waals surface area contributed by atoms with E-state index in [4.69, 9.17) is 25.3 Å². The van der Waals surface area contributed by atoms with Crippen LogP contribution in [-0.4, -0.2) is 95.8 Å². The summed E-state index contributed by atoms with van der Waals surface area (Å²) in [5, 5.41) is 4.58. The van der Waals surface area contributed by atoms with Crippen LogP contribution >= 0.6 is 0 Å². The molecule has 2 N–H and O–H groups in total. The van der Waals surface area contributed by atoms with Gasteiger partial charge in [-0.2, -0.15) is 9.58 Å². The molecule has 35 heavy (non-hydrogen) atoms. The second-order valence-corrected chi connectivity index (χ2v) is 7.12. The van der Waals surface area contributed by atoms with Gasteiger partial charge in [0.2, 0.25) is 23.4 Å². The number of amides is 2. The highest BCUT2D eigenvalue weighted by molar-refractivity contribution is 6.25. The van der Waals surface area contributed by atoms with Crippen LogP contribution in [0.25, 0.3) is 11.1 Å². The maximum absolute atomic E-state index is 12.6. The molecule has 0 fully saturated rings. The lowest BCUT2D eigenvalue weighted by Crippen LogP contribution is -2.50. The predicted molar refractivity (Wildman–Crippen MR) is 116 cm³/mol. The number of rotatable bonds is 16. The summed E-state index contributed by atoms with van der Waals surface area (Å²) in [5.74, 6) is -5.32. The molecular weight excluding hydrogens is 468 g/mol. The Labute approximate surface area is 200 Å². The number of carbonyl (C=O) groups excluding carboxylic acids is 6. The molecule has 0 aliphatic heterocycles. The molecule has 0 aromatic rings. The first-order valence-corrected chi connectivity index (χ1v) is 10.3. The fourth-order valence-electron chi connectivity index (χ4n) is 2.36. The van der Waals surface area contributed by atoms with Crippen LogP contribution in [0.5, 0.6) is 0 Å². The van der Waals surface area contributed by atoms with Gasteiger partial charge in [-0.3, -0.25) is 19.2 Å². The molecule has 0 aromatic carbocycles. The van der Waals surface area contributed by atoms with Gasteiger partial charge in [0.25, 0.3) is 0 Å². The standard InChI is InChI=1S/C20H28N6O9/c1-11(33-3)17(29)25-15(7-5-13(27)9-23-21)19(31)35-20(32)16(8-6-14(28)10-24-22)26-18(30)12(2)34-4/h9-12,15-16H,5-8H2,1-4H3,(H,25,29)(H,26,30)/t11-,12-,15-,16-/m0/s1. The summed E-state index contributed by atoms with van der Waals surface area (Å²) in [7, 11) is 2.50. The molecule has 0 aliphatic carbocycles. The third-order valence-corrected chi connectivity index (χ3v) is 4.61. The van der Waals surface area contributed by atoms with Crippen molar-refractivity contribution in [3.8, 4) is 0 Å². The Hall–Kier alpha value is -3.90. The average Bonchev–Trinajstić information content (AvgIpc) is 2.82. The first-order chi connectivity index (χ1) is 16.5. The van der Waals surface area contributed by atoms with Gasteiger partial charge in [0.1, 0.15) is 24.3 Å². The Balaban J connectivity index is 5.60. The van der Waals surface area contributed by atoms with Gasteiger partial charge in [-0.05, 0) is 26.7 Å². The quantitative estimate of drug-likeness (QED) is 0.0822. The smallest absolute Gasteiger partial charge is 0.336 e. The zero-order chi connectivity index (χ0) is 27.0. The monoisotopic (exact) mass is 496 g/mol. The van der Waals surface area contributed by atoms with Gasteiger partial charge < -0.3 is 35.9 Å². The molecule has 192 valence electrons. The van der Waals surface area contributed by atoms with E-state index in [2.05, 4.69) is 20.2 Å². The van der Waals surface area contributed by atoms with E-state index >= 15 is 0 Å². The minimum Gasteiger partial charge on any atom is -0.390 e. The molecule has 15 heteroatoms. The Morgan fingerprint density at radius 1 is 0.743 bits per heavy atom. The molecule has 0 aliphatic rings. The lowest BCUT2D eigenvalue weighted by Gasteiger charge is -2.21. The van der Waals surface area contributed by atoms with E-state index in [0.29, 0.717) is 12.4 Å². The molecule has 0 aromatic heterocycles. The number of esters is 2. The van der Waals surface area contributed by atoms with Gasteiger partial charge in [0, 0.05) is 27.1 Å².